The van der Waals surface area contributed by atoms with Crippen molar-refractivity contribution in [2.45, 2.75) is 25.3 Å². The highest BCUT2D eigenvalue weighted by atomic mass is 79.9. The molecular weight excluding hydrogens is 348 g/mol. The molecule has 0 saturated heterocycles. The van der Waals surface area contributed by atoms with E-state index in [1.54, 1.807) is 25.3 Å². The monoisotopic (exact) mass is 360 g/mol. The van der Waals surface area contributed by atoms with Crippen LogP contribution in [-0.4, -0.2) is 13.4 Å². The van der Waals surface area contributed by atoms with Crippen LogP contribution in [0.5, 0.6) is 0 Å². The van der Waals surface area contributed by atoms with Crippen molar-refractivity contribution in [3.8, 4) is 0 Å². The van der Waals surface area contributed by atoms with E-state index in [0.29, 0.717) is 4.90 Å². The quantitative estimate of drug-likeness (QED) is 0.911. The SMILES string of the molecule is Cc1ncc(CNS(=O)(=O)c2cc(Br)ccc2C)s1. The second-order valence-electron chi connectivity index (χ2n) is 4.08. The van der Waals surface area contributed by atoms with Gasteiger partial charge in [0.25, 0.3) is 0 Å². The number of hydrogen-bond donors (Lipinski definition) is 1. The van der Waals surface area contributed by atoms with Crippen LogP contribution in [0.1, 0.15) is 15.4 Å². The summed E-state index contributed by atoms with van der Waals surface area (Å²) < 4.78 is 27.8. The summed E-state index contributed by atoms with van der Waals surface area (Å²) in [6.07, 6.45) is 1.69. The molecule has 19 heavy (non-hydrogen) atoms. The van der Waals surface area contributed by atoms with Crippen LogP contribution in [0.15, 0.2) is 33.8 Å². The van der Waals surface area contributed by atoms with Crippen molar-refractivity contribution in [3.05, 3.63) is 44.3 Å². The number of nitrogens with one attached hydrogen (secondary N) is 1. The van der Waals surface area contributed by atoms with Crippen molar-refractivity contribution in [1.29, 1.82) is 0 Å². The fourth-order valence-electron chi connectivity index (χ4n) is 1.59. The summed E-state index contributed by atoms with van der Waals surface area (Å²) in [6, 6.07) is 5.20. The average Bonchev–Trinajstić information content (AvgIpc) is 2.76. The van der Waals surface area contributed by atoms with Gasteiger partial charge in [0.05, 0.1) is 9.90 Å². The van der Waals surface area contributed by atoms with Gasteiger partial charge in [-0.25, -0.2) is 18.1 Å². The van der Waals surface area contributed by atoms with E-state index in [-0.39, 0.29) is 6.54 Å². The summed E-state index contributed by atoms with van der Waals surface area (Å²) in [6.45, 7) is 3.93. The third kappa shape index (κ3) is 3.62. The molecule has 1 aromatic heterocycles. The molecule has 2 rings (SSSR count). The number of halogens is 1. The van der Waals surface area contributed by atoms with E-state index >= 15 is 0 Å². The van der Waals surface area contributed by atoms with E-state index in [1.165, 1.54) is 11.3 Å². The van der Waals surface area contributed by atoms with Crippen LogP contribution >= 0.6 is 27.3 Å². The van der Waals surface area contributed by atoms with Gasteiger partial charge >= 0.3 is 0 Å². The van der Waals surface area contributed by atoms with E-state index in [2.05, 4.69) is 25.6 Å². The van der Waals surface area contributed by atoms with Crippen molar-refractivity contribution < 1.29 is 8.42 Å². The van der Waals surface area contributed by atoms with Crippen molar-refractivity contribution in [2.24, 2.45) is 0 Å². The highest BCUT2D eigenvalue weighted by Gasteiger charge is 2.17. The molecule has 1 heterocycles. The minimum absolute atomic E-state index is 0.264. The molecule has 1 aromatic carbocycles. The Labute approximate surface area is 125 Å². The van der Waals surface area contributed by atoms with Gasteiger partial charge in [0.2, 0.25) is 10.0 Å². The Morgan fingerprint density at radius 2 is 2.11 bits per heavy atom. The molecule has 0 saturated carbocycles. The number of sulfonamides is 1. The summed E-state index contributed by atoms with van der Waals surface area (Å²) in [5.74, 6) is 0. The fraction of sp³-hybridized carbons (Fsp3) is 0.250. The first-order valence-corrected chi connectivity index (χ1v) is 8.65. The van der Waals surface area contributed by atoms with Crippen LogP contribution in [0.25, 0.3) is 0 Å². The van der Waals surface area contributed by atoms with Gasteiger partial charge < -0.3 is 0 Å². The first-order valence-electron chi connectivity index (χ1n) is 5.55. The zero-order chi connectivity index (χ0) is 14.0. The topological polar surface area (TPSA) is 59.1 Å². The molecule has 0 fully saturated rings. The van der Waals surface area contributed by atoms with Gasteiger partial charge in [-0.15, -0.1) is 11.3 Å². The Morgan fingerprint density at radius 1 is 1.37 bits per heavy atom. The Kier molecular flexibility index (Phi) is 4.39. The second-order valence-corrected chi connectivity index (χ2v) is 8.05. The van der Waals surface area contributed by atoms with Crippen LogP contribution < -0.4 is 4.72 Å². The Morgan fingerprint density at radius 3 is 2.74 bits per heavy atom. The zero-order valence-corrected chi connectivity index (χ0v) is 13.7. The van der Waals surface area contributed by atoms with E-state index < -0.39 is 10.0 Å². The summed E-state index contributed by atoms with van der Waals surface area (Å²) in [4.78, 5) is 5.29. The lowest BCUT2D eigenvalue weighted by Crippen LogP contribution is -2.23. The highest BCUT2D eigenvalue weighted by Crippen LogP contribution is 2.21. The molecule has 7 heteroatoms. The standard InChI is InChI=1S/C12H13BrN2O2S2/c1-8-3-4-10(13)5-12(8)19(16,17)15-7-11-6-14-9(2)18-11/h3-6,15H,7H2,1-2H3. The second kappa shape index (κ2) is 5.70. The maximum absolute atomic E-state index is 12.2. The van der Waals surface area contributed by atoms with Gasteiger partial charge in [0.1, 0.15) is 0 Å². The number of aromatic nitrogens is 1. The number of nitrogens with zero attached hydrogens (tertiary/aromatic N) is 1. The van der Waals surface area contributed by atoms with Crippen LogP contribution in [0, 0.1) is 13.8 Å². The van der Waals surface area contributed by atoms with Crippen LogP contribution in [0.3, 0.4) is 0 Å². The molecule has 0 amide bonds. The molecule has 0 atom stereocenters. The van der Waals surface area contributed by atoms with Gasteiger partial charge in [-0.3, -0.25) is 0 Å². The molecule has 4 nitrogen and oxygen atoms in total. The lowest BCUT2D eigenvalue weighted by molar-refractivity contribution is 0.581. The zero-order valence-electron chi connectivity index (χ0n) is 10.5. The van der Waals surface area contributed by atoms with Crippen LogP contribution in [0.4, 0.5) is 0 Å². The molecule has 0 aliphatic heterocycles. The normalized spacial score (nSPS) is 11.7. The molecule has 2 aromatic rings. The maximum atomic E-state index is 12.2. The van der Waals surface area contributed by atoms with Gasteiger partial charge in [-0.1, -0.05) is 22.0 Å². The molecule has 0 bridgehead atoms. The summed E-state index contributed by atoms with van der Waals surface area (Å²) in [7, 11) is -3.50. The largest absolute Gasteiger partial charge is 0.250 e. The van der Waals surface area contributed by atoms with Crippen LogP contribution in [-0.2, 0) is 16.6 Å². The van der Waals surface area contributed by atoms with Crippen molar-refractivity contribution in [1.82, 2.24) is 9.71 Å². The number of thiazole rings is 1. The van der Waals surface area contributed by atoms with Crippen molar-refractivity contribution >= 4 is 37.3 Å². The molecule has 0 radical (unpaired) electrons. The highest BCUT2D eigenvalue weighted by molar-refractivity contribution is 9.10. The predicted octanol–water partition coefficient (Wildman–Crippen LogP) is 3.00. The van der Waals surface area contributed by atoms with Gasteiger partial charge in [0, 0.05) is 22.1 Å². The smallest absolute Gasteiger partial charge is 0.241 e. The molecular formula is C12H13BrN2O2S2. The number of aryl methyl sites for hydroxylation is 2. The lowest BCUT2D eigenvalue weighted by atomic mass is 10.2. The van der Waals surface area contributed by atoms with E-state index in [4.69, 9.17) is 0 Å². The Hall–Kier alpha value is -0.760. The fourth-order valence-corrected chi connectivity index (χ4v) is 4.21. The minimum atomic E-state index is -3.50. The Bertz CT molecular complexity index is 696. The van der Waals surface area contributed by atoms with Gasteiger partial charge in [0.15, 0.2) is 0 Å². The molecule has 102 valence electrons. The van der Waals surface area contributed by atoms with E-state index in [1.807, 2.05) is 13.0 Å². The number of hydrogen-bond acceptors (Lipinski definition) is 4. The number of benzene rings is 1. The molecule has 0 spiro atoms. The summed E-state index contributed by atoms with van der Waals surface area (Å²) >= 11 is 4.77. The third-order valence-corrected chi connectivity index (χ3v) is 5.49. The van der Waals surface area contributed by atoms with Gasteiger partial charge in [-0.05, 0) is 31.5 Å². The van der Waals surface area contributed by atoms with Crippen LogP contribution in [0.2, 0.25) is 0 Å². The Balaban J connectivity index is 2.20. The van der Waals surface area contributed by atoms with Crippen molar-refractivity contribution in [2.75, 3.05) is 0 Å². The first-order chi connectivity index (χ1) is 8.88. The number of rotatable bonds is 4. The van der Waals surface area contributed by atoms with E-state index in [9.17, 15) is 8.42 Å². The predicted molar refractivity (Wildman–Crippen MR) is 79.8 cm³/mol. The average molecular weight is 361 g/mol. The molecule has 1 N–H and O–H groups in total. The van der Waals surface area contributed by atoms with E-state index in [0.717, 1.165) is 19.9 Å². The molecule has 0 aliphatic carbocycles. The lowest BCUT2D eigenvalue weighted by Gasteiger charge is -2.08. The molecule has 0 aliphatic rings. The summed E-state index contributed by atoms with van der Waals surface area (Å²) in [5, 5.41) is 0.924. The first kappa shape index (κ1) is 14.6. The van der Waals surface area contributed by atoms with Gasteiger partial charge in [-0.2, -0.15) is 0 Å². The maximum Gasteiger partial charge on any atom is 0.241 e. The molecule has 0 unspecified atom stereocenters. The minimum Gasteiger partial charge on any atom is -0.250 e. The van der Waals surface area contributed by atoms with Crippen molar-refractivity contribution in [3.63, 3.8) is 0 Å². The third-order valence-electron chi connectivity index (χ3n) is 2.55. The summed E-state index contributed by atoms with van der Waals surface area (Å²) in [5.41, 5.74) is 0.719.